The van der Waals surface area contributed by atoms with E-state index in [1.54, 1.807) is 12.1 Å². The monoisotopic (exact) mass is 308 g/mol. The fourth-order valence-electron chi connectivity index (χ4n) is 2.35. The number of hydrogen-bond donors (Lipinski definition) is 0. The maximum atomic E-state index is 12.6. The van der Waals surface area contributed by atoms with Crippen LogP contribution in [0.4, 0.5) is 11.4 Å². The lowest BCUT2D eigenvalue weighted by molar-refractivity contribution is -0.384. The predicted molar refractivity (Wildman–Crippen MR) is 82.4 cm³/mol. The average Bonchev–Trinajstić information content (AvgIpc) is 2.43. The highest BCUT2D eigenvalue weighted by Crippen LogP contribution is 2.41. The van der Waals surface area contributed by atoms with Crippen LogP contribution in [0.25, 0.3) is 6.08 Å². The van der Waals surface area contributed by atoms with Gasteiger partial charge in [0.2, 0.25) is 0 Å². The number of hydrogen-bond acceptors (Lipinski definition) is 4. The molecule has 0 aromatic heterocycles. The quantitative estimate of drug-likeness (QED) is 0.475. The highest BCUT2D eigenvalue weighted by atomic mass is 32.2. The van der Waals surface area contributed by atoms with Gasteiger partial charge in [-0.3, -0.25) is 14.4 Å². The molecule has 21 heavy (non-hydrogen) atoms. The lowest BCUT2D eigenvalue weighted by atomic mass is 10.1. The molecule has 2 rings (SSSR count). The van der Waals surface area contributed by atoms with Crippen molar-refractivity contribution in [3.63, 3.8) is 0 Å². The Bertz CT molecular complexity index is 722. The summed E-state index contributed by atoms with van der Waals surface area (Å²) >= 11 is 0. The number of anilines is 1. The Kier molecular flexibility index (Phi) is 4.13. The van der Waals surface area contributed by atoms with Crippen LogP contribution in [-0.4, -0.2) is 19.9 Å². The van der Waals surface area contributed by atoms with Crippen LogP contribution in [0.1, 0.15) is 25.3 Å². The summed E-state index contributed by atoms with van der Waals surface area (Å²) in [7, 11) is -3.74. The van der Waals surface area contributed by atoms with Gasteiger partial charge in [0.15, 0.2) is 0 Å². The smallest absolute Gasteiger partial charge is 0.258 e. The number of rotatable bonds is 5. The SMILES string of the molecule is C=CCN1c2c(cccc2[N+](=O)[O-])C=C(CCC)S1(=O)=O. The van der Waals surface area contributed by atoms with E-state index in [0.717, 1.165) is 4.31 Å². The molecular weight excluding hydrogens is 292 g/mol. The van der Waals surface area contributed by atoms with E-state index in [-0.39, 0.29) is 22.8 Å². The molecule has 0 aliphatic carbocycles. The van der Waals surface area contributed by atoms with Crippen molar-refractivity contribution >= 4 is 27.5 Å². The zero-order chi connectivity index (χ0) is 15.6. The summed E-state index contributed by atoms with van der Waals surface area (Å²) in [5, 5.41) is 11.2. The van der Waals surface area contributed by atoms with Gasteiger partial charge in [0.05, 0.1) is 16.4 Å². The van der Waals surface area contributed by atoms with E-state index in [1.807, 2.05) is 6.92 Å². The van der Waals surface area contributed by atoms with Crippen LogP contribution in [0.5, 0.6) is 0 Å². The van der Waals surface area contributed by atoms with E-state index < -0.39 is 14.9 Å². The third kappa shape index (κ3) is 2.56. The van der Waals surface area contributed by atoms with Crippen molar-refractivity contribution in [1.82, 2.24) is 0 Å². The van der Waals surface area contributed by atoms with Gasteiger partial charge in [-0.25, -0.2) is 8.42 Å². The van der Waals surface area contributed by atoms with Crippen LogP contribution in [0.15, 0.2) is 35.8 Å². The summed E-state index contributed by atoms with van der Waals surface area (Å²) in [5.74, 6) is 0. The van der Waals surface area contributed by atoms with E-state index >= 15 is 0 Å². The van der Waals surface area contributed by atoms with E-state index in [4.69, 9.17) is 0 Å². The fraction of sp³-hybridized carbons (Fsp3) is 0.286. The summed E-state index contributed by atoms with van der Waals surface area (Å²) in [6.45, 7) is 5.43. The Morgan fingerprint density at radius 3 is 2.71 bits per heavy atom. The molecule has 0 radical (unpaired) electrons. The van der Waals surface area contributed by atoms with Crippen molar-refractivity contribution < 1.29 is 13.3 Å². The van der Waals surface area contributed by atoms with Gasteiger partial charge in [0, 0.05) is 11.6 Å². The Hall–Kier alpha value is -2.15. The molecule has 0 bridgehead atoms. The molecule has 1 heterocycles. The minimum absolute atomic E-state index is 0.00123. The van der Waals surface area contributed by atoms with Crippen molar-refractivity contribution in [2.45, 2.75) is 19.8 Å². The molecule has 6 nitrogen and oxygen atoms in total. The molecule has 0 atom stereocenters. The number of benzene rings is 1. The highest BCUT2D eigenvalue weighted by Gasteiger charge is 2.36. The molecule has 0 fully saturated rings. The summed E-state index contributed by atoms with van der Waals surface area (Å²) in [6, 6.07) is 4.55. The van der Waals surface area contributed by atoms with Crippen LogP contribution >= 0.6 is 0 Å². The molecule has 0 amide bonds. The molecule has 0 spiro atoms. The molecule has 1 aromatic rings. The topological polar surface area (TPSA) is 80.5 Å². The molecule has 7 heteroatoms. The third-order valence-corrected chi connectivity index (χ3v) is 5.12. The maximum absolute atomic E-state index is 12.6. The molecular formula is C14H16N2O4S. The normalized spacial score (nSPS) is 16.0. The Labute approximate surface area is 123 Å². The van der Waals surface area contributed by atoms with Crippen molar-refractivity contribution in [1.29, 1.82) is 0 Å². The number of sulfonamides is 1. The first-order valence-electron chi connectivity index (χ1n) is 6.55. The second kappa shape index (κ2) is 5.69. The van der Waals surface area contributed by atoms with Gasteiger partial charge in [-0.1, -0.05) is 31.6 Å². The van der Waals surface area contributed by atoms with Gasteiger partial charge in [0.1, 0.15) is 5.69 Å². The summed E-state index contributed by atoms with van der Waals surface area (Å²) in [4.78, 5) is 10.9. The first-order chi connectivity index (χ1) is 9.93. The van der Waals surface area contributed by atoms with Crippen LogP contribution in [0.3, 0.4) is 0 Å². The van der Waals surface area contributed by atoms with E-state index in [1.165, 1.54) is 18.2 Å². The van der Waals surface area contributed by atoms with E-state index in [9.17, 15) is 18.5 Å². The zero-order valence-electron chi connectivity index (χ0n) is 11.7. The molecule has 0 saturated heterocycles. The Morgan fingerprint density at radius 1 is 1.43 bits per heavy atom. The van der Waals surface area contributed by atoms with Gasteiger partial charge < -0.3 is 0 Å². The fourth-order valence-corrected chi connectivity index (χ4v) is 4.11. The van der Waals surface area contributed by atoms with Crippen molar-refractivity contribution in [2.75, 3.05) is 10.8 Å². The van der Waals surface area contributed by atoms with Gasteiger partial charge in [-0.05, 0) is 12.5 Å². The molecule has 0 saturated carbocycles. The highest BCUT2D eigenvalue weighted by molar-refractivity contribution is 7.96. The van der Waals surface area contributed by atoms with E-state index in [2.05, 4.69) is 6.58 Å². The predicted octanol–water partition coefficient (Wildman–Crippen LogP) is 3.07. The molecule has 1 aliphatic rings. The van der Waals surface area contributed by atoms with Gasteiger partial charge in [-0.15, -0.1) is 6.58 Å². The summed E-state index contributed by atoms with van der Waals surface area (Å²) in [6.07, 6.45) is 4.03. The average molecular weight is 308 g/mol. The first kappa shape index (κ1) is 15.2. The molecule has 0 N–H and O–H groups in total. The minimum atomic E-state index is -3.74. The van der Waals surface area contributed by atoms with Crippen molar-refractivity contribution in [3.8, 4) is 0 Å². The van der Waals surface area contributed by atoms with E-state index in [0.29, 0.717) is 18.4 Å². The van der Waals surface area contributed by atoms with Crippen LogP contribution < -0.4 is 4.31 Å². The maximum Gasteiger partial charge on any atom is 0.294 e. The Morgan fingerprint density at radius 2 is 2.14 bits per heavy atom. The number of nitro groups is 1. The Balaban J connectivity index is 2.76. The molecule has 112 valence electrons. The zero-order valence-corrected chi connectivity index (χ0v) is 12.5. The van der Waals surface area contributed by atoms with Crippen LogP contribution in [0.2, 0.25) is 0 Å². The number of nitro benzene ring substituents is 1. The standard InChI is InChI=1S/C14H16N2O4S/c1-3-6-12-10-11-7-5-8-13(16(17)18)14(11)15(9-4-2)21(12,19)20/h4-5,7-8,10H,2-3,6,9H2,1H3. The second-order valence-corrected chi connectivity index (χ2v) is 6.57. The number of fused-ring (bicyclic) bond motifs is 1. The minimum Gasteiger partial charge on any atom is -0.258 e. The van der Waals surface area contributed by atoms with Crippen molar-refractivity contribution in [3.05, 3.63) is 51.4 Å². The third-order valence-electron chi connectivity index (χ3n) is 3.22. The molecule has 1 aromatic carbocycles. The first-order valence-corrected chi connectivity index (χ1v) is 7.99. The van der Waals surface area contributed by atoms with Crippen molar-refractivity contribution in [2.24, 2.45) is 0 Å². The van der Waals surface area contributed by atoms with Crippen LogP contribution in [-0.2, 0) is 10.0 Å². The number of allylic oxidation sites excluding steroid dienone is 1. The van der Waals surface area contributed by atoms with Gasteiger partial charge in [0.25, 0.3) is 15.7 Å². The molecule has 0 unspecified atom stereocenters. The summed E-state index contributed by atoms with van der Waals surface area (Å²) < 4.78 is 26.3. The largest absolute Gasteiger partial charge is 0.294 e. The van der Waals surface area contributed by atoms with Crippen LogP contribution in [0, 0.1) is 10.1 Å². The number of para-hydroxylation sites is 1. The summed E-state index contributed by atoms with van der Waals surface area (Å²) in [5.41, 5.74) is 0.441. The number of nitrogens with zero attached hydrogens (tertiary/aromatic N) is 2. The lowest BCUT2D eigenvalue weighted by Gasteiger charge is -2.29. The second-order valence-electron chi connectivity index (χ2n) is 4.66. The van der Waals surface area contributed by atoms with Gasteiger partial charge in [-0.2, -0.15) is 0 Å². The van der Waals surface area contributed by atoms with Gasteiger partial charge >= 0.3 is 0 Å². The lowest BCUT2D eigenvalue weighted by Crippen LogP contribution is -2.35. The molecule has 1 aliphatic heterocycles.